The van der Waals surface area contributed by atoms with Crippen molar-refractivity contribution in [3.05, 3.63) is 0 Å². The third-order valence-electron chi connectivity index (χ3n) is 3.44. The van der Waals surface area contributed by atoms with E-state index >= 15 is 0 Å². The lowest BCUT2D eigenvalue weighted by Gasteiger charge is -2.25. The van der Waals surface area contributed by atoms with E-state index in [1.807, 2.05) is 0 Å². The summed E-state index contributed by atoms with van der Waals surface area (Å²) in [6.45, 7) is 0. The molecule has 5 heteroatoms. The minimum Gasteiger partial charge on any atom is -0.299 e. The molecule has 17 heavy (non-hydrogen) atoms. The third-order valence-corrected chi connectivity index (χ3v) is 3.44. The maximum atomic E-state index is 12.1. The van der Waals surface area contributed by atoms with E-state index in [4.69, 9.17) is 0 Å². The van der Waals surface area contributed by atoms with Gasteiger partial charge in [0.2, 0.25) is 11.8 Å². The molecule has 1 aliphatic carbocycles. The summed E-state index contributed by atoms with van der Waals surface area (Å²) in [5, 5.41) is 2.16. The molecule has 5 nitrogen and oxygen atoms in total. The molecular weight excluding hydrogens is 222 g/mol. The van der Waals surface area contributed by atoms with E-state index in [9.17, 15) is 19.2 Å². The lowest BCUT2D eigenvalue weighted by Crippen LogP contribution is -2.43. The first-order valence-corrected chi connectivity index (χ1v) is 5.97. The van der Waals surface area contributed by atoms with Crippen molar-refractivity contribution in [2.45, 2.75) is 38.5 Å². The quantitative estimate of drug-likeness (QED) is 0.555. The number of carbonyl (C=O) groups excluding carboxylic acids is 4. The number of hydrogen-bond donors (Lipinski definition) is 1. The number of rotatable bonds is 2. The molecule has 1 heterocycles. The molecular formula is C12H15NO4. The predicted octanol–water partition coefficient (Wildman–Crippen LogP) is 0.368. The van der Waals surface area contributed by atoms with Gasteiger partial charge in [-0.25, -0.2) is 0 Å². The van der Waals surface area contributed by atoms with Gasteiger partial charge in [0, 0.05) is 25.2 Å². The second-order valence-electron chi connectivity index (χ2n) is 4.74. The van der Waals surface area contributed by atoms with E-state index in [1.54, 1.807) is 0 Å². The van der Waals surface area contributed by atoms with Gasteiger partial charge in [0.25, 0.3) is 0 Å². The number of hydrogen-bond acceptors (Lipinski definition) is 4. The number of nitrogens with one attached hydrogen (secondary N) is 1. The van der Waals surface area contributed by atoms with E-state index in [2.05, 4.69) is 5.32 Å². The average molecular weight is 237 g/mol. The van der Waals surface area contributed by atoms with Crippen LogP contribution in [-0.4, -0.2) is 23.4 Å². The van der Waals surface area contributed by atoms with Gasteiger partial charge in [-0.1, -0.05) is 6.42 Å². The molecule has 2 rings (SSSR count). The fourth-order valence-electron chi connectivity index (χ4n) is 2.55. The van der Waals surface area contributed by atoms with Crippen LogP contribution in [-0.2, 0) is 19.2 Å². The molecule has 92 valence electrons. The van der Waals surface area contributed by atoms with E-state index < -0.39 is 23.7 Å². The van der Waals surface area contributed by atoms with Crippen LogP contribution >= 0.6 is 0 Å². The number of ketones is 2. The molecule has 1 atom stereocenters. The second kappa shape index (κ2) is 4.77. The molecule has 0 aromatic heterocycles. The van der Waals surface area contributed by atoms with Crippen LogP contribution in [0, 0.1) is 11.8 Å². The van der Waals surface area contributed by atoms with Crippen molar-refractivity contribution in [2.24, 2.45) is 11.8 Å². The van der Waals surface area contributed by atoms with Gasteiger partial charge in [0.1, 0.15) is 11.6 Å². The van der Waals surface area contributed by atoms with Crippen LogP contribution in [0.2, 0.25) is 0 Å². The van der Waals surface area contributed by atoms with Crippen molar-refractivity contribution in [2.75, 3.05) is 0 Å². The Kier molecular flexibility index (Phi) is 3.36. The number of amides is 2. The summed E-state index contributed by atoms with van der Waals surface area (Å²) in [6, 6.07) is 0. The van der Waals surface area contributed by atoms with Gasteiger partial charge in [-0.2, -0.15) is 0 Å². The highest BCUT2D eigenvalue weighted by Gasteiger charge is 2.37. The largest absolute Gasteiger partial charge is 0.299 e. The molecule has 1 saturated heterocycles. The van der Waals surface area contributed by atoms with Gasteiger partial charge in [-0.05, 0) is 12.8 Å². The summed E-state index contributed by atoms with van der Waals surface area (Å²) >= 11 is 0. The maximum absolute atomic E-state index is 12.1. The minimum atomic E-state index is -0.594. The lowest BCUT2D eigenvalue weighted by atomic mass is 9.78. The minimum absolute atomic E-state index is 0.0281. The molecule has 0 bridgehead atoms. The molecule has 0 aromatic carbocycles. The molecule has 1 saturated carbocycles. The SMILES string of the molecule is O=C1CC(C(=O)C2CCCCC2=O)CC(=O)N1. The highest BCUT2D eigenvalue weighted by Crippen LogP contribution is 2.27. The van der Waals surface area contributed by atoms with Gasteiger partial charge >= 0.3 is 0 Å². The van der Waals surface area contributed by atoms with Crippen molar-refractivity contribution < 1.29 is 19.2 Å². The summed E-state index contributed by atoms with van der Waals surface area (Å²) in [5.74, 6) is -2.24. The predicted molar refractivity (Wildman–Crippen MR) is 57.8 cm³/mol. The summed E-state index contributed by atoms with van der Waals surface area (Å²) in [7, 11) is 0. The zero-order valence-electron chi connectivity index (χ0n) is 9.53. The van der Waals surface area contributed by atoms with Gasteiger partial charge < -0.3 is 0 Å². The summed E-state index contributed by atoms with van der Waals surface area (Å²) < 4.78 is 0. The Hall–Kier alpha value is -1.52. The Labute approximate surface area is 98.9 Å². The van der Waals surface area contributed by atoms with Crippen LogP contribution < -0.4 is 5.32 Å². The van der Waals surface area contributed by atoms with E-state index in [-0.39, 0.29) is 24.4 Å². The Morgan fingerprint density at radius 3 is 2.29 bits per heavy atom. The first-order chi connectivity index (χ1) is 8.08. The Bertz CT molecular complexity index is 372. The van der Waals surface area contributed by atoms with Crippen molar-refractivity contribution in [3.63, 3.8) is 0 Å². The van der Waals surface area contributed by atoms with E-state index in [1.165, 1.54) is 0 Å². The van der Waals surface area contributed by atoms with Gasteiger partial charge in [-0.15, -0.1) is 0 Å². The zero-order valence-corrected chi connectivity index (χ0v) is 9.53. The van der Waals surface area contributed by atoms with Crippen LogP contribution in [0.4, 0.5) is 0 Å². The Morgan fingerprint density at radius 1 is 1.06 bits per heavy atom. The van der Waals surface area contributed by atoms with Crippen LogP contribution in [0.1, 0.15) is 38.5 Å². The monoisotopic (exact) mass is 237 g/mol. The Morgan fingerprint density at radius 2 is 1.71 bits per heavy atom. The first kappa shape index (κ1) is 12.0. The second-order valence-corrected chi connectivity index (χ2v) is 4.74. The van der Waals surface area contributed by atoms with Crippen molar-refractivity contribution >= 4 is 23.4 Å². The standard InChI is InChI=1S/C12H15NO4/c14-9-4-2-1-3-8(9)12(17)7-5-10(15)13-11(16)6-7/h7-8H,1-6H2,(H,13,15,16). The topological polar surface area (TPSA) is 80.3 Å². The zero-order chi connectivity index (χ0) is 12.4. The molecule has 1 aliphatic heterocycles. The molecule has 2 aliphatic rings. The van der Waals surface area contributed by atoms with Crippen LogP contribution in [0.25, 0.3) is 0 Å². The molecule has 0 spiro atoms. The number of piperidine rings is 1. The van der Waals surface area contributed by atoms with Gasteiger partial charge in [-0.3, -0.25) is 24.5 Å². The van der Waals surface area contributed by atoms with Crippen LogP contribution in [0.15, 0.2) is 0 Å². The summed E-state index contributed by atoms with van der Waals surface area (Å²) in [5.41, 5.74) is 0. The molecule has 2 fully saturated rings. The molecule has 1 N–H and O–H groups in total. The van der Waals surface area contributed by atoms with Crippen molar-refractivity contribution in [1.29, 1.82) is 0 Å². The maximum Gasteiger partial charge on any atom is 0.227 e. The highest BCUT2D eigenvalue weighted by atomic mass is 16.2. The number of imide groups is 1. The van der Waals surface area contributed by atoms with Crippen LogP contribution in [0.5, 0.6) is 0 Å². The van der Waals surface area contributed by atoms with E-state index in [0.717, 1.165) is 12.8 Å². The molecule has 2 amide bonds. The molecule has 1 unspecified atom stereocenters. The van der Waals surface area contributed by atoms with Gasteiger partial charge in [0.05, 0.1) is 5.92 Å². The smallest absolute Gasteiger partial charge is 0.227 e. The highest BCUT2D eigenvalue weighted by molar-refractivity contribution is 6.08. The fourth-order valence-corrected chi connectivity index (χ4v) is 2.55. The fraction of sp³-hybridized carbons (Fsp3) is 0.667. The molecule has 0 aromatic rings. The van der Waals surface area contributed by atoms with Crippen molar-refractivity contribution in [3.8, 4) is 0 Å². The number of Topliss-reactive ketones (excluding diaryl/α,β-unsaturated/α-hetero) is 2. The van der Waals surface area contributed by atoms with Gasteiger partial charge in [0.15, 0.2) is 0 Å². The molecule has 0 radical (unpaired) electrons. The summed E-state index contributed by atoms with van der Waals surface area (Å²) in [4.78, 5) is 46.1. The average Bonchev–Trinajstić information content (AvgIpc) is 2.27. The normalized spacial score (nSPS) is 26.8. The van der Waals surface area contributed by atoms with E-state index in [0.29, 0.717) is 12.8 Å². The summed E-state index contributed by atoms with van der Waals surface area (Å²) in [6.07, 6.45) is 2.80. The first-order valence-electron chi connectivity index (χ1n) is 5.97. The third kappa shape index (κ3) is 2.60. The number of carbonyl (C=O) groups is 4. The van der Waals surface area contributed by atoms with Crippen molar-refractivity contribution in [1.82, 2.24) is 5.32 Å². The lowest BCUT2D eigenvalue weighted by molar-refractivity contribution is -0.144. The van der Waals surface area contributed by atoms with Crippen LogP contribution in [0.3, 0.4) is 0 Å². The Balaban J connectivity index is 2.05.